The van der Waals surface area contributed by atoms with Crippen LogP contribution < -0.4 is 0 Å². The maximum absolute atomic E-state index is 12.5. The molecule has 0 unspecified atom stereocenters. The zero-order valence-electron chi connectivity index (χ0n) is 11.5. The minimum atomic E-state index is -0.592. The Kier molecular flexibility index (Phi) is 3.65. The Morgan fingerprint density at radius 1 is 1.30 bits per heavy atom. The van der Waals surface area contributed by atoms with Crippen LogP contribution in [0.1, 0.15) is 41.5 Å². The van der Waals surface area contributed by atoms with E-state index in [0.717, 1.165) is 16.3 Å². The molecule has 0 atom stereocenters. The average molecular weight is 273 g/mol. The summed E-state index contributed by atoms with van der Waals surface area (Å²) < 4.78 is 1.08. The van der Waals surface area contributed by atoms with Crippen molar-refractivity contribution >= 4 is 11.7 Å². The number of hydrogen-bond donors (Lipinski definition) is 0. The van der Waals surface area contributed by atoms with E-state index in [1.807, 2.05) is 20.8 Å². The van der Waals surface area contributed by atoms with E-state index in [9.17, 15) is 14.9 Å². The van der Waals surface area contributed by atoms with E-state index in [1.165, 1.54) is 0 Å². The van der Waals surface area contributed by atoms with Gasteiger partial charge >= 0.3 is 11.7 Å². The summed E-state index contributed by atoms with van der Waals surface area (Å²) in [7, 11) is 0. The summed E-state index contributed by atoms with van der Waals surface area (Å²) in [6.45, 7) is 5.59. The molecule has 1 aromatic carbocycles. The van der Waals surface area contributed by atoms with Crippen LogP contribution in [0.15, 0.2) is 30.5 Å². The fourth-order valence-electron chi connectivity index (χ4n) is 1.93. The van der Waals surface area contributed by atoms with E-state index >= 15 is 0 Å². The van der Waals surface area contributed by atoms with Crippen molar-refractivity contribution < 1.29 is 9.72 Å². The van der Waals surface area contributed by atoms with Crippen LogP contribution in [-0.4, -0.2) is 20.4 Å². The summed E-state index contributed by atoms with van der Waals surface area (Å²) in [4.78, 5) is 26.9. The van der Waals surface area contributed by atoms with Gasteiger partial charge in [0.15, 0.2) is 0 Å². The van der Waals surface area contributed by atoms with E-state index < -0.39 is 10.8 Å². The highest BCUT2D eigenvalue weighted by Gasteiger charge is 2.29. The molecule has 0 bridgehead atoms. The molecule has 6 nitrogen and oxygen atoms in total. The first kappa shape index (κ1) is 13.9. The SMILES string of the molecule is Cc1ccc(C(=O)n2c([N+](=O)[O-])cnc2C(C)C)cc1. The van der Waals surface area contributed by atoms with Crippen LogP contribution in [0.25, 0.3) is 0 Å². The summed E-state index contributed by atoms with van der Waals surface area (Å²) in [6, 6.07) is 6.91. The zero-order valence-corrected chi connectivity index (χ0v) is 11.5. The topological polar surface area (TPSA) is 78.0 Å². The van der Waals surface area contributed by atoms with Gasteiger partial charge in [0, 0.05) is 5.92 Å². The Balaban J connectivity index is 2.55. The summed E-state index contributed by atoms with van der Waals surface area (Å²) in [6.07, 6.45) is 1.13. The molecule has 6 heteroatoms. The molecule has 20 heavy (non-hydrogen) atoms. The van der Waals surface area contributed by atoms with Crippen LogP contribution in [-0.2, 0) is 0 Å². The van der Waals surface area contributed by atoms with Gasteiger partial charge in [-0.1, -0.05) is 31.5 Å². The van der Waals surface area contributed by atoms with E-state index in [4.69, 9.17) is 0 Å². The zero-order chi connectivity index (χ0) is 14.9. The minimum absolute atomic E-state index is 0.0851. The highest BCUT2D eigenvalue weighted by atomic mass is 16.6. The van der Waals surface area contributed by atoms with Crippen molar-refractivity contribution in [1.29, 1.82) is 0 Å². The predicted octanol–water partition coefficient (Wildman–Crippen LogP) is 2.91. The molecule has 0 spiro atoms. The molecule has 0 amide bonds. The molecule has 0 saturated carbocycles. The molecule has 0 saturated heterocycles. The Labute approximate surface area is 116 Å². The van der Waals surface area contributed by atoms with E-state index in [-0.39, 0.29) is 11.7 Å². The third kappa shape index (κ3) is 2.45. The fraction of sp³-hybridized carbons (Fsp3) is 0.286. The van der Waals surface area contributed by atoms with Crippen molar-refractivity contribution in [3.63, 3.8) is 0 Å². The van der Waals surface area contributed by atoms with Gasteiger partial charge in [-0.15, -0.1) is 4.57 Å². The molecule has 0 aliphatic rings. The molecular formula is C14H15N3O3. The van der Waals surface area contributed by atoms with Crippen molar-refractivity contribution in [2.75, 3.05) is 0 Å². The highest BCUT2D eigenvalue weighted by Crippen LogP contribution is 2.22. The quantitative estimate of drug-likeness (QED) is 0.636. The van der Waals surface area contributed by atoms with Gasteiger partial charge in [-0.3, -0.25) is 0 Å². The molecule has 2 rings (SSSR count). The summed E-state index contributed by atoms with van der Waals surface area (Å²) >= 11 is 0. The molecule has 104 valence electrons. The summed E-state index contributed by atoms with van der Waals surface area (Å²) in [5, 5.41) is 11.0. The lowest BCUT2D eigenvalue weighted by atomic mass is 10.1. The number of aryl methyl sites for hydroxylation is 1. The number of imidazole rings is 1. The Hall–Kier alpha value is -2.50. The van der Waals surface area contributed by atoms with Crippen LogP contribution in [0.3, 0.4) is 0 Å². The van der Waals surface area contributed by atoms with Crippen molar-refractivity contribution in [3.8, 4) is 0 Å². The van der Waals surface area contributed by atoms with Gasteiger partial charge in [0.25, 0.3) is 0 Å². The fourth-order valence-corrected chi connectivity index (χ4v) is 1.93. The summed E-state index contributed by atoms with van der Waals surface area (Å²) in [5.41, 5.74) is 1.42. The van der Waals surface area contributed by atoms with E-state index in [2.05, 4.69) is 4.98 Å². The Morgan fingerprint density at radius 2 is 1.90 bits per heavy atom. The highest BCUT2D eigenvalue weighted by molar-refractivity contribution is 5.97. The number of carbonyl (C=O) groups excluding carboxylic acids is 1. The largest absolute Gasteiger partial charge is 0.358 e. The molecule has 0 aliphatic heterocycles. The lowest BCUT2D eigenvalue weighted by Crippen LogP contribution is -2.18. The van der Waals surface area contributed by atoms with Crippen molar-refractivity contribution in [2.24, 2.45) is 0 Å². The Bertz CT molecular complexity index is 657. The van der Waals surface area contributed by atoms with Crippen molar-refractivity contribution in [3.05, 3.63) is 57.5 Å². The standard InChI is InChI=1S/C14H15N3O3/c1-9(2)13-15-8-12(17(19)20)16(13)14(18)11-6-4-10(3)5-7-11/h4-9H,1-3H3. The number of carbonyl (C=O) groups is 1. The molecule has 0 aliphatic carbocycles. The average Bonchev–Trinajstić information content (AvgIpc) is 2.83. The third-order valence-corrected chi connectivity index (χ3v) is 2.98. The monoisotopic (exact) mass is 273 g/mol. The number of rotatable bonds is 3. The van der Waals surface area contributed by atoms with Gasteiger partial charge in [-0.05, 0) is 24.0 Å². The lowest BCUT2D eigenvalue weighted by Gasteiger charge is -2.05. The van der Waals surface area contributed by atoms with E-state index in [1.54, 1.807) is 24.3 Å². The van der Waals surface area contributed by atoms with Crippen LogP contribution in [0.5, 0.6) is 0 Å². The van der Waals surface area contributed by atoms with Crippen LogP contribution in [0.4, 0.5) is 5.82 Å². The smallest absolute Gasteiger partial charge is 0.350 e. The first-order valence-electron chi connectivity index (χ1n) is 6.25. The van der Waals surface area contributed by atoms with Crippen molar-refractivity contribution in [2.45, 2.75) is 26.7 Å². The number of nitro groups is 1. The molecule has 0 N–H and O–H groups in total. The first-order chi connectivity index (χ1) is 9.41. The third-order valence-electron chi connectivity index (χ3n) is 2.98. The molecule has 1 heterocycles. The number of aromatic nitrogens is 2. The van der Waals surface area contributed by atoms with Crippen LogP contribution in [0, 0.1) is 17.0 Å². The number of hydrogen-bond acceptors (Lipinski definition) is 4. The van der Waals surface area contributed by atoms with Gasteiger partial charge in [-0.25, -0.2) is 9.78 Å². The normalized spacial score (nSPS) is 10.8. The maximum atomic E-state index is 12.5. The second kappa shape index (κ2) is 5.24. The van der Waals surface area contributed by atoms with Gasteiger partial charge < -0.3 is 10.1 Å². The van der Waals surface area contributed by atoms with E-state index in [0.29, 0.717) is 11.4 Å². The maximum Gasteiger partial charge on any atom is 0.350 e. The molecule has 0 fully saturated rings. The molecule has 2 aromatic rings. The van der Waals surface area contributed by atoms with Crippen LogP contribution in [0.2, 0.25) is 0 Å². The first-order valence-corrected chi connectivity index (χ1v) is 6.25. The van der Waals surface area contributed by atoms with Gasteiger partial charge in [0.1, 0.15) is 6.20 Å². The van der Waals surface area contributed by atoms with Crippen LogP contribution >= 0.6 is 0 Å². The van der Waals surface area contributed by atoms with Gasteiger partial charge in [0.05, 0.1) is 5.56 Å². The Morgan fingerprint density at radius 3 is 2.40 bits per heavy atom. The predicted molar refractivity (Wildman–Crippen MR) is 73.9 cm³/mol. The second-order valence-corrected chi connectivity index (χ2v) is 4.89. The molecular weight excluding hydrogens is 258 g/mol. The number of nitrogens with zero attached hydrogens (tertiary/aromatic N) is 3. The number of benzene rings is 1. The lowest BCUT2D eigenvalue weighted by molar-refractivity contribution is -0.390. The minimum Gasteiger partial charge on any atom is -0.358 e. The molecule has 0 radical (unpaired) electrons. The van der Waals surface area contributed by atoms with Gasteiger partial charge in [0.2, 0.25) is 5.82 Å². The second-order valence-electron chi connectivity index (χ2n) is 4.89. The van der Waals surface area contributed by atoms with Gasteiger partial charge in [-0.2, -0.15) is 0 Å². The summed E-state index contributed by atoms with van der Waals surface area (Å²) in [5.74, 6) is -0.433. The molecule has 1 aromatic heterocycles. The van der Waals surface area contributed by atoms with Crippen molar-refractivity contribution in [1.82, 2.24) is 9.55 Å².